The highest BCUT2D eigenvalue weighted by molar-refractivity contribution is 6.30. The van der Waals surface area contributed by atoms with Crippen LogP contribution in [0.25, 0.3) is 0 Å². The van der Waals surface area contributed by atoms with E-state index < -0.39 is 0 Å². The third kappa shape index (κ3) is 5.00. The first kappa shape index (κ1) is 17.8. The van der Waals surface area contributed by atoms with Gasteiger partial charge in [-0.2, -0.15) is 0 Å². The summed E-state index contributed by atoms with van der Waals surface area (Å²) < 4.78 is 12.9. The number of carbonyl (C=O) groups excluding carboxylic acids is 1. The maximum atomic E-state index is 12.9. The topological polar surface area (TPSA) is 66.9 Å². The van der Waals surface area contributed by atoms with Crippen molar-refractivity contribution < 1.29 is 9.18 Å². The summed E-state index contributed by atoms with van der Waals surface area (Å²) in [5.41, 5.74) is 1.86. The van der Waals surface area contributed by atoms with Crippen LogP contribution in [0, 0.1) is 5.82 Å². The second-order valence-electron chi connectivity index (χ2n) is 5.57. The second kappa shape index (κ2) is 8.40. The highest BCUT2D eigenvalue weighted by atomic mass is 35.5. The van der Waals surface area contributed by atoms with Crippen molar-refractivity contribution in [1.29, 1.82) is 0 Å². The van der Waals surface area contributed by atoms with E-state index in [0.29, 0.717) is 23.1 Å². The molecule has 5 nitrogen and oxygen atoms in total. The number of hydrogen-bond donors (Lipinski definition) is 2. The predicted octanol–water partition coefficient (Wildman–Crippen LogP) is 4.18. The molecule has 132 valence electrons. The summed E-state index contributed by atoms with van der Waals surface area (Å²) in [6.07, 6.45) is 0.723. The third-order valence-corrected chi connectivity index (χ3v) is 3.88. The van der Waals surface area contributed by atoms with Crippen molar-refractivity contribution in [2.24, 2.45) is 0 Å². The molecule has 3 aromatic rings. The highest BCUT2D eigenvalue weighted by Gasteiger charge is 2.08. The van der Waals surface area contributed by atoms with Gasteiger partial charge in [0.25, 0.3) is 5.91 Å². The molecule has 0 aliphatic rings. The molecule has 0 saturated heterocycles. The first-order valence-electron chi connectivity index (χ1n) is 7.99. The Bertz CT molecular complexity index is 868. The van der Waals surface area contributed by atoms with Crippen LogP contribution < -0.4 is 10.6 Å². The highest BCUT2D eigenvalue weighted by Crippen LogP contribution is 2.14. The van der Waals surface area contributed by atoms with E-state index in [-0.39, 0.29) is 17.4 Å². The Morgan fingerprint density at radius 1 is 0.962 bits per heavy atom. The lowest BCUT2D eigenvalue weighted by Crippen LogP contribution is -2.15. The number of hydrogen-bond acceptors (Lipinski definition) is 4. The Morgan fingerprint density at radius 3 is 2.35 bits per heavy atom. The molecule has 0 aliphatic heterocycles. The van der Waals surface area contributed by atoms with E-state index in [9.17, 15) is 9.18 Å². The van der Waals surface area contributed by atoms with Gasteiger partial charge < -0.3 is 10.6 Å². The molecule has 0 bridgehead atoms. The number of halogens is 2. The molecule has 7 heteroatoms. The molecule has 2 N–H and O–H groups in total. The average Bonchev–Trinajstić information content (AvgIpc) is 2.66. The SMILES string of the molecule is O=C(Nc1ccc(Cl)cc1)c1ccc(NCCc2ccc(F)cc2)nn1. The van der Waals surface area contributed by atoms with Gasteiger partial charge in [-0.3, -0.25) is 4.79 Å². The van der Waals surface area contributed by atoms with Crippen LogP contribution >= 0.6 is 11.6 Å². The zero-order valence-electron chi connectivity index (χ0n) is 13.7. The fraction of sp³-hybridized carbons (Fsp3) is 0.105. The largest absolute Gasteiger partial charge is 0.368 e. The molecule has 26 heavy (non-hydrogen) atoms. The molecule has 0 saturated carbocycles. The summed E-state index contributed by atoms with van der Waals surface area (Å²) in [6.45, 7) is 0.622. The Hall–Kier alpha value is -2.99. The van der Waals surface area contributed by atoms with Gasteiger partial charge >= 0.3 is 0 Å². The average molecular weight is 371 g/mol. The van der Waals surface area contributed by atoms with Gasteiger partial charge in [-0.15, -0.1) is 10.2 Å². The lowest BCUT2D eigenvalue weighted by molar-refractivity contribution is 0.102. The summed E-state index contributed by atoms with van der Waals surface area (Å²) in [5, 5.41) is 14.4. The molecule has 0 unspecified atom stereocenters. The Morgan fingerprint density at radius 2 is 1.69 bits per heavy atom. The molecule has 0 atom stereocenters. The van der Waals surface area contributed by atoms with Crippen LogP contribution in [0.4, 0.5) is 15.9 Å². The van der Waals surface area contributed by atoms with Crippen molar-refractivity contribution in [3.63, 3.8) is 0 Å². The standard InChI is InChI=1S/C19H16ClFN4O/c20-14-3-7-16(8-4-14)23-19(26)17-9-10-18(25-24-17)22-12-11-13-1-5-15(21)6-2-13/h1-10H,11-12H2,(H,22,25)(H,23,26). The molecule has 0 spiro atoms. The van der Waals surface area contributed by atoms with E-state index in [4.69, 9.17) is 11.6 Å². The van der Waals surface area contributed by atoms with Crippen molar-refractivity contribution in [3.8, 4) is 0 Å². The normalized spacial score (nSPS) is 10.4. The van der Waals surface area contributed by atoms with Crippen molar-refractivity contribution in [2.45, 2.75) is 6.42 Å². The van der Waals surface area contributed by atoms with Gasteiger partial charge in [0.1, 0.15) is 11.6 Å². The zero-order chi connectivity index (χ0) is 18.4. The van der Waals surface area contributed by atoms with Crippen LogP contribution in [0.2, 0.25) is 5.02 Å². The molecule has 1 aromatic heterocycles. The second-order valence-corrected chi connectivity index (χ2v) is 6.00. The molecule has 2 aromatic carbocycles. The van der Waals surface area contributed by atoms with Crippen molar-refractivity contribution in [2.75, 3.05) is 17.2 Å². The molecule has 1 amide bonds. The number of anilines is 2. The molecular weight excluding hydrogens is 355 g/mol. The van der Waals surface area contributed by atoms with Gasteiger partial charge in [0.05, 0.1) is 0 Å². The van der Waals surface area contributed by atoms with Gasteiger partial charge in [-0.05, 0) is 60.5 Å². The van der Waals surface area contributed by atoms with Crippen LogP contribution in [-0.2, 0) is 6.42 Å². The quantitative estimate of drug-likeness (QED) is 0.683. The molecule has 0 aliphatic carbocycles. The van der Waals surface area contributed by atoms with E-state index in [1.807, 2.05) is 0 Å². The maximum Gasteiger partial charge on any atom is 0.276 e. The Labute approximate surface area is 155 Å². The van der Waals surface area contributed by atoms with Crippen molar-refractivity contribution in [3.05, 3.63) is 82.8 Å². The summed E-state index contributed by atoms with van der Waals surface area (Å²) >= 11 is 5.81. The van der Waals surface area contributed by atoms with Gasteiger partial charge in [0, 0.05) is 17.3 Å². The molecular formula is C19H16ClFN4O. The lowest BCUT2D eigenvalue weighted by atomic mass is 10.1. The van der Waals surface area contributed by atoms with Gasteiger partial charge in [-0.1, -0.05) is 23.7 Å². The van der Waals surface area contributed by atoms with E-state index in [0.717, 1.165) is 12.0 Å². The molecule has 0 radical (unpaired) electrons. The number of nitrogens with zero attached hydrogens (tertiary/aromatic N) is 2. The van der Waals surface area contributed by atoms with Gasteiger partial charge in [-0.25, -0.2) is 4.39 Å². The van der Waals surface area contributed by atoms with Crippen molar-refractivity contribution in [1.82, 2.24) is 10.2 Å². The zero-order valence-corrected chi connectivity index (χ0v) is 14.5. The van der Waals surface area contributed by atoms with Crippen molar-refractivity contribution >= 4 is 29.0 Å². The van der Waals surface area contributed by atoms with E-state index in [1.54, 1.807) is 48.5 Å². The summed E-state index contributed by atoms with van der Waals surface area (Å²) in [4.78, 5) is 12.1. The summed E-state index contributed by atoms with van der Waals surface area (Å²) in [5.74, 6) is -0.0344. The van der Waals surface area contributed by atoms with E-state index in [2.05, 4.69) is 20.8 Å². The maximum absolute atomic E-state index is 12.9. The van der Waals surface area contributed by atoms with Crippen LogP contribution in [-0.4, -0.2) is 22.6 Å². The fourth-order valence-electron chi connectivity index (χ4n) is 2.26. The number of aromatic nitrogens is 2. The Balaban J connectivity index is 1.51. The monoisotopic (exact) mass is 370 g/mol. The van der Waals surface area contributed by atoms with Crippen LogP contribution in [0.1, 0.15) is 16.1 Å². The minimum absolute atomic E-state index is 0.212. The number of benzene rings is 2. The minimum atomic E-state index is -0.349. The van der Waals surface area contributed by atoms with Crippen LogP contribution in [0.3, 0.4) is 0 Å². The number of carbonyl (C=O) groups is 1. The smallest absolute Gasteiger partial charge is 0.276 e. The van der Waals surface area contributed by atoms with E-state index >= 15 is 0 Å². The third-order valence-electron chi connectivity index (χ3n) is 3.63. The first-order valence-corrected chi connectivity index (χ1v) is 8.37. The number of amides is 1. The summed E-state index contributed by atoms with van der Waals surface area (Å²) in [6, 6.07) is 16.4. The van der Waals surface area contributed by atoms with Gasteiger partial charge in [0.15, 0.2) is 5.69 Å². The fourth-order valence-corrected chi connectivity index (χ4v) is 2.39. The number of rotatable bonds is 6. The predicted molar refractivity (Wildman–Crippen MR) is 100 cm³/mol. The minimum Gasteiger partial charge on any atom is -0.368 e. The molecule has 1 heterocycles. The summed E-state index contributed by atoms with van der Waals surface area (Å²) in [7, 11) is 0. The van der Waals surface area contributed by atoms with Crippen LogP contribution in [0.15, 0.2) is 60.7 Å². The van der Waals surface area contributed by atoms with Crippen LogP contribution in [0.5, 0.6) is 0 Å². The number of nitrogens with one attached hydrogen (secondary N) is 2. The van der Waals surface area contributed by atoms with Gasteiger partial charge in [0.2, 0.25) is 0 Å². The molecule has 0 fully saturated rings. The Kier molecular flexibility index (Phi) is 5.76. The lowest BCUT2D eigenvalue weighted by Gasteiger charge is -2.07. The first-order chi connectivity index (χ1) is 12.6. The van der Waals surface area contributed by atoms with E-state index in [1.165, 1.54) is 12.1 Å². The molecule has 3 rings (SSSR count).